The minimum absolute atomic E-state index is 0.148. The Hall–Kier alpha value is -1.21. The van der Waals surface area contributed by atoms with Crippen molar-refractivity contribution in [2.24, 2.45) is 0 Å². The first kappa shape index (κ1) is 17.6. The molecule has 2 aliphatic rings. The molecule has 2 heterocycles. The average molecular weight is 353 g/mol. The van der Waals surface area contributed by atoms with E-state index in [2.05, 4.69) is 14.9 Å². The fraction of sp³-hybridized carbons (Fsp3) is 0.765. The molecule has 3 rings (SSSR count). The summed E-state index contributed by atoms with van der Waals surface area (Å²) in [5.74, 6) is 0.913. The quantitative estimate of drug-likeness (QED) is 0.832. The lowest BCUT2D eigenvalue weighted by atomic mass is 10.0. The summed E-state index contributed by atoms with van der Waals surface area (Å²) in [5, 5.41) is -0.148. The molecule has 1 aromatic heterocycles. The Kier molecular flexibility index (Phi) is 5.39. The van der Waals surface area contributed by atoms with Crippen molar-refractivity contribution in [3.63, 3.8) is 0 Å². The molecule has 24 heavy (non-hydrogen) atoms. The van der Waals surface area contributed by atoms with Gasteiger partial charge in [0.1, 0.15) is 12.1 Å². The van der Waals surface area contributed by atoms with E-state index in [1.54, 1.807) is 10.6 Å². The maximum Gasteiger partial charge on any atom is 0.216 e. The number of anilines is 1. The molecule has 0 aromatic carbocycles. The van der Waals surface area contributed by atoms with Gasteiger partial charge in [-0.15, -0.1) is 0 Å². The molecular formula is C17H28N4O2S. The van der Waals surface area contributed by atoms with E-state index in [0.717, 1.165) is 50.0 Å². The Morgan fingerprint density at radius 3 is 2.38 bits per heavy atom. The molecule has 0 unspecified atom stereocenters. The van der Waals surface area contributed by atoms with Gasteiger partial charge in [-0.05, 0) is 32.6 Å². The van der Waals surface area contributed by atoms with E-state index in [9.17, 15) is 8.42 Å². The van der Waals surface area contributed by atoms with E-state index in [4.69, 9.17) is 0 Å². The molecule has 1 aromatic rings. The monoisotopic (exact) mass is 352 g/mol. The van der Waals surface area contributed by atoms with Crippen molar-refractivity contribution >= 4 is 15.8 Å². The van der Waals surface area contributed by atoms with Gasteiger partial charge in [0, 0.05) is 37.9 Å². The van der Waals surface area contributed by atoms with Crippen LogP contribution in [0.25, 0.3) is 0 Å². The van der Waals surface area contributed by atoms with Gasteiger partial charge in [0.05, 0.1) is 5.25 Å². The summed E-state index contributed by atoms with van der Waals surface area (Å²) >= 11 is 0. The largest absolute Gasteiger partial charge is 0.356 e. The zero-order chi connectivity index (χ0) is 17.2. The van der Waals surface area contributed by atoms with Crippen molar-refractivity contribution in [2.45, 2.75) is 63.2 Å². The first-order valence-electron chi connectivity index (χ1n) is 8.99. The van der Waals surface area contributed by atoms with Gasteiger partial charge in [-0.3, -0.25) is 0 Å². The average Bonchev–Trinajstić information content (AvgIpc) is 2.62. The number of hydrogen-bond acceptors (Lipinski definition) is 5. The van der Waals surface area contributed by atoms with Crippen molar-refractivity contribution < 1.29 is 8.42 Å². The topological polar surface area (TPSA) is 66.4 Å². The highest BCUT2D eigenvalue weighted by Gasteiger charge is 2.36. The maximum absolute atomic E-state index is 12.8. The summed E-state index contributed by atoms with van der Waals surface area (Å²) in [5.41, 5.74) is 0.948. The van der Waals surface area contributed by atoms with Crippen molar-refractivity contribution in [2.75, 3.05) is 25.0 Å². The van der Waals surface area contributed by atoms with Crippen molar-refractivity contribution in [3.8, 4) is 0 Å². The van der Waals surface area contributed by atoms with Crippen LogP contribution in [0.2, 0.25) is 0 Å². The summed E-state index contributed by atoms with van der Waals surface area (Å²) in [6.07, 6.45) is 8.25. The summed E-state index contributed by atoms with van der Waals surface area (Å²) in [7, 11) is -1.08. The van der Waals surface area contributed by atoms with Gasteiger partial charge in [0.2, 0.25) is 10.0 Å². The molecule has 1 aliphatic heterocycles. The van der Waals surface area contributed by atoms with Gasteiger partial charge in [-0.1, -0.05) is 19.3 Å². The van der Waals surface area contributed by atoms with Crippen LogP contribution in [0.5, 0.6) is 0 Å². The Balaban J connectivity index is 1.61. The Bertz CT molecular complexity index is 650. The van der Waals surface area contributed by atoms with Crippen LogP contribution in [0.15, 0.2) is 12.4 Å². The van der Waals surface area contributed by atoms with Crippen LogP contribution in [0.4, 0.5) is 5.82 Å². The van der Waals surface area contributed by atoms with Crippen LogP contribution in [0.3, 0.4) is 0 Å². The lowest BCUT2D eigenvalue weighted by Gasteiger charge is -2.38. The van der Waals surface area contributed by atoms with Crippen molar-refractivity contribution in [1.29, 1.82) is 0 Å². The maximum atomic E-state index is 12.8. The number of aryl methyl sites for hydroxylation is 1. The number of sulfonamides is 1. The van der Waals surface area contributed by atoms with E-state index in [1.165, 1.54) is 6.42 Å². The van der Waals surface area contributed by atoms with Gasteiger partial charge in [0.25, 0.3) is 0 Å². The third-order valence-corrected chi connectivity index (χ3v) is 7.85. The fourth-order valence-corrected chi connectivity index (χ4v) is 5.95. The van der Waals surface area contributed by atoms with Crippen molar-refractivity contribution in [1.82, 2.24) is 14.3 Å². The smallest absolute Gasteiger partial charge is 0.216 e. The van der Waals surface area contributed by atoms with Gasteiger partial charge in [0.15, 0.2) is 0 Å². The zero-order valence-electron chi connectivity index (χ0n) is 14.7. The normalized spacial score (nSPS) is 21.8. The molecule has 0 spiro atoms. The van der Waals surface area contributed by atoms with Gasteiger partial charge >= 0.3 is 0 Å². The van der Waals surface area contributed by atoms with E-state index in [0.29, 0.717) is 19.1 Å². The van der Waals surface area contributed by atoms with Gasteiger partial charge in [-0.2, -0.15) is 0 Å². The van der Waals surface area contributed by atoms with E-state index >= 15 is 0 Å². The molecule has 134 valence electrons. The highest BCUT2D eigenvalue weighted by Crippen LogP contribution is 2.29. The van der Waals surface area contributed by atoms with Crippen LogP contribution in [0.1, 0.15) is 50.6 Å². The van der Waals surface area contributed by atoms with E-state index < -0.39 is 10.0 Å². The molecule has 0 bridgehead atoms. The second-order valence-corrected chi connectivity index (χ2v) is 9.28. The second kappa shape index (κ2) is 7.35. The Labute approximate surface area is 145 Å². The lowest BCUT2D eigenvalue weighted by Crippen LogP contribution is -2.48. The number of piperidine rings is 1. The predicted octanol–water partition coefficient (Wildman–Crippen LogP) is 2.35. The number of nitrogens with zero attached hydrogens (tertiary/aromatic N) is 4. The molecule has 0 atom stereocenters. The fourth-order valence-electron chi connectivity index (χ4n) is 3.88. The van der Waals surface area contributed by atoms with Crippen molar-refractivity contribution in [3.05, 3.63) is 18.1 Å². The SMILES string of the molecule is Cc1cc(N(C)C2CCN(S(=O)(=O)C3CCCCC3)CC2)ncn1. The van der Waals surface area contributed by atoms with Crippen LogP contribution in [-0.2, 0) is 10.0 Å². The predicted molar refractivity (Wildman–Crippen MR) is 95.6 cm³/mol. The molecule has 0 amide bonds. The summed E-state index contributed by atoms with van der Waals surface area (Å²) in [6, 6.07) is 2.31. The third kappa shape index (κ3) is 3.72. The summed E-state index contributed by atoms with van der Waals surface area (Å²) in [6.45, 7) is 3.20. The molecule has 6 nitrogen and oxygen atoms in total. The Morgan fingerprint density at radius 2 is 1.75 bits per heavy atom. The molecular weight excluding hydrogens is 324 g/mol. The molecule has 7 heteroatoms. The highest BCUT2D eigenvalue weighted by molar-refractivity contribution is 7.89. The molecule has 1 saturated heterocycles. The summed E-state index contributed by atoms with van der Waals surface area (Å²) < 4.78 is 27.4. The molecule has 1 saturated carbocycles. The number of aromatic nitrogens is 2. The van der Waals surface area contributed by atoms with Crippen LogP contribution < -0.4 is 4.90 Å². The first-order chi connectivity index (χ1) is 11.5. The molecule has 0 N–H and O–H groups in total. The first-order valence-corrected chi connectivity index (χ1v) is 10.5. The lowest BCUT2D eigenvalue weighted by molar-refractivity contribution is 0.306. The number of hydrogen-bond donors (Lipinski definition) is 0. The minimum Gasteiger partial charge on any atom is -0.356 e. The molecule has 0 radical (unpaired) electrons. The zero-order valence-corrected chi connectivity index (χ0v) is 15.5. The van der Waals surface area contributed by atoms with Crippen LogP contribution >= 0.6 is 0 Å². The third-order valence-electron chi connectivity index (χ3n) is 5.46. The van der Waals surface area contributed by atoms with Crippen LogP contribution in [0, 0.1) is 6.92 Å². The van der Waals surface area contributed by atoms with E-state index in [1.807, 2.05) is 20.0 Å². The molecule has 2 fully saturated rings. The van der Waals surface area contributed by atoms with E-state index in [-0.39, 0.29) is 5.25 Å². The van der Waals surface area contributed by atoms with Crippen LogP contribution in [-0.4, -0.2) is 54.1 Å². The minimum atomic E-state index is -3.12. The Morgan fingerprint density at radius 1 is 1.08 bits per heavy atom. The van der Waals surface area contributed by atoms with Gasteiger partial charge < -0.3 is 4.90 Å². The van der Waals surface area contributed by atoms with Gasteiger partial charge in [-0.25, -0.2) is 22.7 Å². The number of rotatable bonds is 4. The summed E-state index contributed by atoms with van der Waals surface area (Å²) in [4.78, 5) is 10.6. The highest BCUT2D eigenvalue weighted by atomic mass is 32.2. The second-order valence-electron chi connectivity index (χ2n) is 7.06. The standard InChI is InChI=1S/C17H28N4O2S/c1-14-12-17(19-13-18-14)20(2)15-8-10-21(11-9-15)24(22,23)16-6-4-3-5-7-16/h12-13,15-16H,3-11H2,1-2H3. The molecule has 1 aliphatic carbocycles.